The molecule has 162 valence electrons. The summed E-state index contributed by atoms with van der Waals surface area (Å²) in [5.41, 5.74) is 1.57. The first-order chi connectivity index (χ1) is 13.4. The number of nitrogens with zero attached hydrogens (tertiary/aromatic N) is 1. The van der Waals surface area contributed by atoms with Crippen LogP contribution in [0.25, 0.3) is 0 Å². The van der Waals surface area contributed by atoms with Gasteiger partial charge in [0.2, 0.25) is 5.91 Å². The van der Waals surface area contributed by atoms with Crippen LogP contribution >= 0.6 is 12.4 Å². The number of nitrogens with one attached hydrogen (secondary N) is 2. The van der Waals surface area contributed by atoms with Crippen molar-refractivity contribution in [1.82, 2.24) is 15.5 Å². The molecule has 1 unspecified atom stereocenters. The van der Waals surface area contributed by atoms with E-state index in [1.165, 1.54) is 12.8 Å². The second-order valence-electron chi connectivity index (χ2n) is 8.92. The minimum atomic E-state index is -0.455. The van der Waals surface area contributed by atoms with Gasteiger partial charge in [-0.2, -0.15) is 0 Å². The summed E-state index contributed by atoms with van der Waals surface area (Å²) >= 11 is 0. The molecule has 1 saturated heterocycles. The first kappa shape index (κ1) is 23.7. The van der Waals surface area contributed by atoms with E-state index in [0.717, 1.165) is 44.0 Å². The van der Waals surface area contributed by atoms with Gasteiger partial charge in [0, 0.05) is 24.7 Å². The van der Waals surface area contributed by atoms with Gasteiger partial charge < -0.3 is 15.5 Å². The number of benzene rings is 1. The molecule has 2 fully saturated rings. The maximum atomic E-state index is 13.2. The highest BCUT2D eigenvalue weighted by Gasteiger charge is 2.31. The van der Waals surface area contributed by atoms with E-state index in [-0.39, 0.29) is 24.2 Å². The van der Waals surface area contributed by atoms with E-state index in [9.17, 15) is 9.59 Å². The topological polar surface area (TPSA) is 61.4 Å². The van der Waals surface area contributed by atoms with Crippen molar-refractivity contribution in [3.05, 3.63) is 35.4 Å². The Kier molecular flexibility index (Phi) is 8.97. The summed E-state index contributed by atoms with van der Waals surface area (Å²) in [7, 11) is 0. The SMILES string of the molecule is Cc1ccccc1C(=O)NC(CC(C)C)C(=O)N1CCC(NCC2CC2)CC1.Cl. The molecule has 0 radical (unpaired) electrons. The van der Waals surface area contributed by atoms with Crippen LogP contribution in [0.3, 0.4) is 0 Å². The zero-order valence-corrected chi connectivity index (χ0v) is 18.8. The molecule has 1 aliphatic carbocycles. The Labute approximate surface area is 181 Å². The monoisotopic (exact) mass is 421 g/mol. The van der Waals surface area contributed by atoms with E-state index >= 15 is 0 Å². The van der Waals surface area contributed by atoms with Crippen LogP contribution in [0.5, 0.6) is 0 Å². The van der Waals surface area contributed by atoms with E-state index in [4.69, 9.17) is 0 Å². The molecule has 5 nitrogen and oxygen atoms in total. The van der Waals surface area contributed by atoms with Gasteiger partial charge in [-0.05, 0) is 69.0 Å². The molecule has 1 saturated carbocycles. The second kappa shape index (κ2) is 11.0. The van der Waals surface area contributed by atoms with E-state index < -0.39 is 6.04 Å². The summed E-state index contributed by atoms with van der Waals surface area (Å²) in [5.74, 6) is 1.13. The third-order valence-corrected chi connectivity index (χ3v) is 5.90. The van der Waals surface area contributed by atoms with Crippen molar-refractivity contribution in [3.8, 4) is 0 Å². The van der Waals surface area contributed by atoms with Crippen LogP contribution < -0.4 is 10.6 Å². The summed E-state index contributed by atoms with van der Waals surface area (Å²) in [6.45, 7) is 8.78. The number of piperidine rings is 1. The maximum Gasteiger partial charge on any atom is 0.252 e. The molecule has 6 heteroatoms. The van der Waals surface area contributed by atoms with Gasteiger partial charge in [0.25, 0.3) is 5.91 Å². The number of likely N-dealkylation sites (tertiary alicyclic amines) is 1. The van der Waals surface area contributed by atoms with Gasteiger partial charge in [-0.1, -0.05) is 32.0 Å². The average molecular weight is 422 g/mol. The molecule has 1 aliphatic heterocycles. The number of aryl methyl sites for hydroxylation is 1. The van der Waals surface area contributed by atoms with E-state index in [1.807, 2.05) is 36.1 Å². The van der Waals surface area contributed by atoms with Gasteiger partial charge in [-0.15, -0.1) is 12.4 Å². The molecule has 2 aliphatic rings. The minimum absolute atomic E-state index is 0. The predicted octanol–water partition coefficient (Wildman–Crippen LogP) is 3.55. The average Bonchev–Trinajstić information content (AvgIpc) is 3.50. The van der Waals surface area contributed by atoms with Crippen LogP contribution in [0, 0.1) is 18.8 Å². The fraction of sp³-hybridized carbons (Fsp3) is 0.652. The summed E-state index contributed by atoms with van der Waals surface area (Å²) in [6.07, 6.45) is 5.39. The maximum absolute atomic E-state index is 13.2. The number of carbonyl (C=O) groups is 2. The lowest BCUT2D eigenvalue weighted by atomic mass is 9.99. The molecule has 1 aromatic carbocycles. The van der Waals surface area contributed by atoms with Crippen LogP contribution in [0.4, 0.5) is 0 Å². The molecule has 1 heterocycles. The van der Waals surface area contributed by atoms with Crippen LogP contribution in [0.1, 0.15) is 61.9 Å². The van der Waals surface area contributed by atoms with Gasteiger partial charge >= 0.3 is 0 Å². The van der Waals surface area contributed by atoms with Gasteiger partial charge in [-0.25, -0.2) is 0 Å². The Hall–Kier alpha value is -1.59. The Morgan fingerprint density at radius 3 is 2.34 bits per heavy atom. The van der Waals surface area contributed by atoms with Crippen molar-refractivity contribution in [2.24, 2.45) is 11.8 Å². The Balaban J connectivity index is 0.00000300. The normalized spacial score (nSPS) is 18.3. The molecule has 0 aromatic heterocycles. The first-order valence-corrected chi connectivity index (χ1v) is 10.8. The van der Waals surface area contributed by atoms with E-state index in [2.05, 4.69) is 24.5 Å². The molecular formula is C23H36ClN3O2. The Morgan fingerprint density at radius 1 is 1.10 bits per heavy atom. The molecule has 29 heavy (non-hydrogen) atoms. The zero-order valence-electron chi connectivity index (χ0n) is 17.9. The van der Waals surface area contributed by atoms with E-state index in [1.54, 1.807) is 0 Å². The van der Waals surface area contributed by atoms with Crippen molar-refractivity contribution in [2.75, 3.05) is 19.6 Å². The largest absolute Gasteiger partial charge is 0.341 e. The number of rotatable bonds is 8. The van der Waals surface area contributed by atoms with Crippen LogP contribution in [-0.2, 0) is 4.79 Å². The smallest absolute Gasteiger partial charge is 0.252 e. The number of carbonyl (C=O) groups excluding carboxylic acids is 2. The van der Waals surface area contributed by atoms with Crippen LogP contribution in [0.2, 0.25) is 0 Å². The minimum Gasteiger partial charge on any atom is -0.341 e. The molecule has 2 N–H and O–H groups in total. The second-order valence-corrected chi connectivity index (χ2v) is 8.92. The molecule has 2 amide bonds. The molecule has 0 spiro atoms. The van der Waals surface area contributed by atoms with Crippen molar-refractivity contribution in [3.63, 3.8) is 0 Å². The molecular weight excluding hydrogens is 386 g/mol. The lowest BCUT2D eigenvalue weighted by Crippen LogP contribution is -2.53. The number of amides is 2. The lowest BCUT2D eigenvalue weighted by Gasteiger charge is -2.35. The zero-order chi connectivity index (χ0) is 20.1. The summed E-state index contributed by atoms with van der Waals surface area (Å²) < 4.78 is 0. The van der Waals surface area contributed by atoms with Gasteiger partial charge in [0.15, 0.2) is 0 Å². The Bertz CT molecular complexity index is 682. The quantitative estimate of drug-likeness (QED) is 0.674. The highest BCUT2D eigenvalue weighted by atomic mass is 35.5. The predicted molar refractivity (Wildman–Crippen MR) is 119 cm³/mol. The molecule has 1 atom stereocenters. The third kappa shape index (κ3) is 7.00. The van der Waals surface area contributed by atoms with Gasteiger partial charge in [0.05, 0.1) is 0 Å². The first-order valence-electron chi connectivity index (χ1n) is 10.8. The number of hydrogen-bond donors (Lipinski definition) is 2. The number of hydrogen-bond acceptors (Lipinski definition) is 3. The molecule has 3 rings (SSSR count). The van der Waals surface area contributed by atoms with Crippen molar-refractivity contribution in [2.45, 2.75) is 65.0 Å². The van der Waals surface area contributed by atoms with Crippen LogP contribution in [-0.4, -0.2) is 48.4 Å². The lowest BCUT2D eigenvalue weighted by molar-refractivity contribution is -0.134. The van der Waals surface area contributed by atoms with Crippen molar-refractivity contribution in [1.29, 1.82) is 0 Å². The fourth-order valence-electron chi connectivity index (χ4n) is 3.94. The fourth-order valence-corrected chi connectivity index (χ4v) is 3.94. The van der Waals surface area contributed by atoms with Gasteiger partial charge in [-0.3, -0.25) is 9.59 Å². The van der Waals surface area contributed by atoms with Gasteiger partial charge in [0.1, 0.15) is 6.04 Å². The highest BCUT2D eigenvalue weighted by molar-refractivity contribution is 5.98. The number of halogens is 1. The van der Waals surface area contributed by atoms with E-state index in [0.29, 0.717) is 23.9 Å². The summed E-state index contributed by atoms with van der Waals surface area (Å²) in [5, 5.41) is 6.67. The summed E-state index contributed by atoms with van der Waals surface area (Å²) in [6, 6.07) is 7.59. The van der Waals surface area contributed by atoms with Crippen LogP contribution in [0.15, 0.2) is 24.3 Å². The Morgan fingerprint density at radius 2 is 1.76 bits per heavy atom. The molecule has 0 bridgehead atoms. The standard InChI is InChI=1S/C23H35N3O2.ClH/c1-16(2)14-21(25-22(27)20-7-5-4-6-17(20)3)23(28)26-12-10-19(11-13-26)24-15-18-8-9-18;/h4-7,16,18-19,21,24H,8-15H2,1-3H3,(H,25,27);1H. The third-order valence-electron chi connectivity index (χ3n) is 5.90. The highest BCUT2D eigenvalue weighted by Crippen LogP contribution is 2.28. The molecule has 1 aromatic rings. The van der Waals surface area contributed by atoms with Crippen molar-refractivity contribution >= 4 is 24.2 Å². The summed E-state index contributed by atoms with van der Waals surface area (Å²) in [4.78, 5) is 27.9. The van der Waals surface area contributed by atoms with Crippen molar-refractivity contribution < 1.29 is 9.59 Å².